The Morgan fingerprint density at radius 2 is 2.00 bits per heavy atom. The van der Waals surface area contributed by atoms with E-state index in [4.69, 9.17) is 4.74 Å². The van der Waals surface area contributed by atoms with E-state index in [9.17, 15) is 0 Å². The summed E-state index contributed by atoms with van der Waals surface area (Å²) >= 11 is 0. The highest BCUT2D eigenvalue weighted by Crippen LogP contribution is 2.18. The van der Waals surface area contributed by atoms with Crippen LogP contribution >= 0.6 is 0 Å². The van der Waals surface area contributed by atoms with Crippen LogP contribution in [-0.4, -0.2) is 34.1 Å². The first-order valence-corrected chi connectivity index (χ1v) is 7.92. The van der Waals surface area contributed by atoms with Gasteiger partial charge in [0.25, 0.3) is 0 Å². The first kappa shape index (κ1) is 15.0. The highest BCUT2D eigenvalue weighted by molar-refractivity contribution is 5.22. The standard InChI is InChI=1S/C18H23N3O/c1-14-4-3-5-16(10-14)13-21-8-6-17(7-9-21)22-18-12-19-11-15(2)20-18/h3-5,10-12,17H,6-9,13H2,1-2H3. The van der Waals surface area contributed by atoms with E-state index in [1.54, 1.807) is 12.4 Å². The molecule has 4 nitrogen and oxygen atoms in total. The molecule has 0 N–H and O–H groups in total. The van der Waals surface area contributed by atoms with Crippen LogP contribution in [0.4, 0.5) is 0 Å². The lowest BCUT2D eigenvalue weighted by Gasteiger charge is -2.31. The summed E-state index contributed by atoms with van der Waals surface area (Å²) in [5, 5.41) is 0. The van der Waals surface area contributed by atoms with Crippen molar-refractivity contribution in [2.24, 2.45) is 0 Å². The number of nitrogens with zero attached hydrogens (tertiary/aromatic N) is 3. The molecule has 1 aliphatic heterocycles. The topological polar surface area (TPSA) is 38.2 Å². The van der Waals surface area contributed by atoms with Crippen LogP contribution in [-0.2, 0) is 6.54 Å². The zero-order chi connectivity index (χ0) is 15.4. The average molecular weight is 297 g/mol. The minimum Gasteiger partial charge on any atom is -0.473 e. The molecule has 1 aliphatic rings. The summed E-state index contributed by atoms with van der Waals surface area (Å²) in [6, 6.07) is 8.76. The van der Waals surface area contributed by atoms with Gasteiger partial charge in [-0.1, -0.05) is 29.8 Å². The first-order chi connectivity index (χ1) is 10.7. The van der Waals surface area contributed by atoms with E-state index >= 15 is 0 Å². The van der Waals surface area contributed by atoms with Crippen LogP contribution in [0.1, 0.15) is 29.7 Å². The predicted molar refractivity (Wildman–Crippen MR) is 86.9 cm³/mol. The quantitative estimate of drug-likeness (QED) is 0.869. The Hall–Kier alpha value is -1.94. The minimum absolute atomic E-state index is 0.254. The molecule has 2 heterocycles. The van der Waals surface area contributed by atoms with E-state index in [1.807, 2.05) is 6.92 Å². The van der Waals surface area contributed by atoms with Gasteiger partial charge in [-0.2, -0.15) is 0 Å². The Labute approximate surface area is 132 Å². The predicted octanol–water partition coefficient (Wildman–Crippen LogP) is 3.14. The lowest BCUT2D eigenvalue weighted by Crippen LogP contribution is -2.37. The second-order valence-corrected chi connectivity index (χ2v) is 6.08. The van der Waals surface area contributed by atoms with Gasteiger partial charge in [0.05, 0.1) is 11.9 Å². The largest absolute Gasteiger partial charge is 0.473 e. The first-order valence-electron chi connectivity index (χ1n) is 7.92. The SMILES string of the molecule is Cc1cccc(CN2CCC(Oc3cncc(C)n3)CC2)c1. The van der Waals surface area contributed by atoms with Crippen LogP contribution < -0.4 is 4.74 Å². The van der Waals surface area contributed by atoms with E-state index in [0.29, 0.717) is 5.88 Å². The Kier molecular flexibility index (Phi) is 4.68. The third kappa shape index (κ3) is 4.04. The van der Waals surface area contributed by atoms with Gasteiger partial charge in [-0.15, -0.1) is 0 Å². The molecule has 22 heavy (non-hydrogen) atoms. The van der Waals surface area contributed by atoms with Crippen LogP contribution in [0.15, 0.2) is 36.7 Å². The van der Waals surface area contributed by atoms with Gasteiger partial charge >= 0.3 is 0 Å². The fourth-order valence-corrected chi connectivity index (χ4v) is 2.92. The van der Waals surface area contributed by atoms with Crippen LogP contribution in [0.3, 0.4) is 0 Å². The van der Waals surface area contributed by atoms with Crippen LogP contribution in [0.5, 0.6) is 5.88 Å². The fourth-order valence-electron chi connectivity index (χ4n) is 2.92. The van der Waals surface area contributed by atoms with Gasteiger partial charge in [0, 0.05) is 25.8 Å². The number of aryl methyl sites for hydroxylation is 2. The number of likely N-dealkylation sites (tertiary alicyclic amines) is 1. The molecule has 0 atom stereocenters. The molecule has 2 aromatic rings. The molecule has 0 unspecified atom stereocenters. The minimum atomic E-state index is 0.254. The highest BCUT2D eigenvalue weighted by atomic mass is 16.5. The zero-order valence-corrected chi connectivity index (χ0v) is 13.3. The second-order valence-electron chi connectivity index (χ2n) is 6.08. The van der Waals surface area contributed by atoms with Gasteiger partial charge in [0.2, 0.25) is 5.88 Å². The van der Waals surface area contributed by atoms with Gasteiger partial charge in [0.1, 0.15) is 6.10 Å². The van der Waals surface area contributed by atoms with E-state index in [-0.39, 0.29) is 6.10 Å². The number of hydrogen-bond donors (Lipinski definition) is 0. The van der Waals surface area contributed by atoms with E-state index < -0.39 is 0 Å². The summed E-state index contributed by atoms with van der Waals surface area (Å²) in [5.74, 6) is 0.650. The normalized spacial score (nSPS) is 16.6. The molecule has 1 aromatic heterocycles. The van der Waals surface area contributed by atoms with Gasteiger partial charge in [-0.05, 0) is 32.3 Å². The molecule has 0 amide bonds. The van der Waals surface area contributed by atoms with Crippen molar-refractivity contribution in [2.75, 3.05) is 13.1 Å². The molecular formula is C18H23N3O. The summed E-state index contributed by atoms with van der Waals surface area (Å²) in [6.45, 7) is 7.24. The van der Waals surface area contributed by atoms with Crippen molar-refractivity contribution in [2.45, 2.75) is 39.3 Å². The van der Waals surface area contributed by atoms with Crippen molar-refractivity contribution in [3.8, 4) is 5.88 Å². The molecule has 0 aliphatic carbocycles. The molecule has 1 saturated heterocycles. The molecule has 0 saturated carbocycles. The lowest BCUT2D eigenvalue weighted by molar-refractivity contribution is 0.0927. The summed E-state index contributed by atoms with van der Waals surface area (Å²) in [6.07, 6.45) is 5.79. The van der Waals surface area contributed by atoms with Crippen molar-refractivity contribution in [3.05, 3.63) is 53.5 Å². The van der Waals surface area contributed by atoms with E-state index in [0.717, 1.165) is 38.2 Å². The van der Waals surface area contributed by atoms with Gasteiger partial charge in [-0.3, -0.25) is 9.88 Å². The number of benzene rings is 1. The summed E-state index contributed by atoms with van der Waals surface area (Å²) in [7, 11) is 0. The van der Waals surface area contributed by atoms with Gasteiger partial charge in [0.15, 0.2) is 0 Å². The number of piperidine rings is 1. The molecule has 3 rings (SSSR count). The number of hydrogen-bond acceptors (Lipinski definition) is 4. The maximum Gasteiger partial charge on any atom is 0.232 e. The van der Waals surface area contributed by atoms with E-state index in [1.165, 1.54) is 11.1 Å². The van der Waals surface area contributed by atoms with Crippen molar-refractivity contribution >= 4 is 0 Å². The zero-order valence-electron chi connectivity index (χ0n) is 13.3. The summed E-state index contributed by atoms with van der Waals surface area (Å²) < 4.78 is 5.95. The molecule has 0 spiro atoms. The number of ether oxygens (including phenoxy) is 1. The maximum atomic E-state index is 5.95. The summed E-state index contributed by atoms with van der Waals surface area (Å²) in [5.41, 5.74) is 3.62. The molecule has 1 aromatic carbocycles. The lowest BCUT2D eigenvalue weighted by atomic mass is 10.1. The second kappa shape index (κ2) is 6.88. The smallest absolute Gasteiger partial charge is 0.232 e. The van der Waals surface area contributed by atoms with Crippen LogP contribution in [0.25, 0.3) is 0 Å². The van der Waals surface area contributed by atoms with Crippen molar-refractivity contribution in [1.29, 1.82) is 0 Å². The van der Waals surface area contributed by atoms with Crippen LogP contribution in [0, 0.1) is 13.8 Å². The molecule has 4 heteroatoms. The Balaban J connectivity index is 1.50. The molecule has 0 bridgehead atoms. The van der Waals surface area contributed by atoms with E-state index in [2.05, 4.69) is 46.1 Å². The van der Waals surface area contributed by atoms with Crippen molar-refractivity contribution in [3.63, 3.8) is 0 Å². The number of rotatable bonds is 4. The Morgan fingerprint density at radius 1 is 1.18 bits per heavy atom. The fraction of sp³-hybridized carbons (Fsp3) is 0.444. The number of aromatic nitrogens is 2. The van der Waals surface area contributed by atoms with Crippen molar-refractivity contribution in [1.82, 2.24) is 14.9 Å². The van der Waals surface area contributed by atoms with Crippen molar-refractivity contribution < 1.29 is 4.74 Å². The maximum absolute atomic E-state index is 5.95. The summed E-state index contributed by atoms with van der Waals surface area (Å²) in [4.78, 5) is 11.0. The Morgan fingerprint density at radius 3 is 2.73 bits per heavy atom. The molecule has 116 valence electrons. The Bertz CT molecular complexity index is 566. The van der Waals surface area contributed by atoms with Gasteiger partial charge < -0.3 is 4.74 Å². The van der Waals surface area contributed by atoms with Gasteiger partial charge in [-0.25, -0.2) is 4.98 Å². The third-order valence-corrected chi connectivity index (χ3v) is 4.04. The highest BCUT2D eigenvalue weighted by Gasteiger charge is 2.21. The average Bonchev–Trinajstić information content (AvgIpc) is 2.49. The molecular weight excluding hydrogens is 274 g/mol. The molecule has 1 fully saturated rings. The molecule has 0 radical (unpaired) electrons. The monoisotopic (exact) mass is 297 g/mol. The van der Waals surface area contributed by atoms with Crippen LogP contribution in [0.2, 0.25) is 0 Å². The third-order valence-electron chi connectivity index (χ3n) is 4.04.